The van der Waals surface area contributed by atoms with Crippen LogP contribution in [-0.4, -0.2) is 12.2 Å². The third-order valence-corrected chi connectivity index (χ3v) is 5.98. The van der Waals surface area contributed by atoms with Gasteiger partial charge in [-0.2, -0.15) is 0 Å². The van der Waals surface area contributed by atoms with Crippen molar-refractivity contribution < 1.29 is 4.74 Å². The smallest absolute Gasteiger partial charge is 0.159 e. The zero-order valence-electron chi connectivity index (χ0n) is 16.1. The summed E-state index contributed by atoms with van der Waals surface area (Å²) < 4.78 is 6.13. The lowest BCUT2D eigenvalue weighted by Gasteiger charge is -2.47. The van der Waals surface area contributed by atoms with Crippen LogP contribution in [0, 0.1) is 0 Å². The summed E-state index contributed by atoms with van der Waals surface area (Å²) in [5, 5.41) is -0.910. The molecule has 27 heavy (non-hydrogen) atoms. The van der Waals surface area contributed by atoms with Crippen molar-refractivity contribution in [3.05, 3.63) is 108 Å². The quantitative estimate of drug-likeness (QED) is 0.309. The van der Waals surface area contributed by atoms with Crippen molar-refractivity contribution in [3.63, 3.8) is 0 Å². The molecule has 1 nitrogen and oxygen atoms in total. The lowest BCUT2D eigenvalue weighted by Crippen LogP contribution is -2.51. The molecule has 0 heterocycles. The summed E-state index contributed by atoms with van der Waals surface area (Å²) in [5.74, 6) is 0. The Hall–Kier alpha value is -2.09. The monoisotopic (exact) mass is 378 g/mol. The van der Waals surface area contributed by atoms with E-state index in [-0.39, 0.29) is 0 Å². The second kappa shape index (κ2) is 8.73. The number of ether oxygens (including phenoxy) is 1. The van der Waals surface area contributed by atoms with Crippen molar-refractivity contribution in [3.8, 4) is 0 Å². The summed E-state index contributed by atoms with van der Waals surface area (Å²) in [7, 11) is 1.73. The van der Waals surface area contributed by atoms with E-state index in [2.05, 4.69) is 79.7 Å². The van der Waals surface area contributed by atoms with Gasteiger partial charge in [-0.15, -0.1) is 0 Å². The maximum absolute atomic E-state index is 7.41. The lowest BCUT2D eigenvalue weighted by molar-refractivity contribution is 0.0140. The molecule has 0 spiro atoms. The van der Waals surface area contributed by atoms with Gasteiger partial charge in [-0.25, -0.2) is 0 Å². The van der Waals surface area contributed by atoms with Crippen LogP contribution >= 0.6 is 11.6 Å². The number of alkyl halides is 1. The topological polar surface area (TPSA) is 9.23 Å². The van der Waals surface area contributed by atoms with Gasteiger partial charge < -0.3 is 4.74 Å². The molecule has 1 unspecified atom stereocenters. The van der Waals surface area contributed by atoms with E-state index >= 15 is 0 Å². The second-order valence-electron chi connectivity index (χ2n) is 6.88. The number of unbranched alkanes of at least 4 members (excludes halogenated alkanes) is 1. The SMILES string of the molecule is CCCCC(Cl)(OC)C(c1ccccc1)(c1ccccc1)c1ccccc1. The Labute approximate surface area is 168 Å². The molecule has 0 bridgehead atoms. The Kier molecular flexibility index (Phi) is 6.36. The fourth-order valence-corrected chi connectivity index (χ4v) is 4.52. The molecule has 140 valence electrons. The van der Waals surface area contributed by atoms with Crippen LogP contribution in [0.1, 0.15) is 42.9 Å². The molecule has 2 heteroatoms. The predicted octanol–water partition coefficient (Wildman–Crippen LogP) is 6.79. The molecular formula is C25H27ClO. The van der Waals surface area contributed by atoms with Crippen LogP contribution < -0.4 is 0 Å². The van der Waals surface area contributed by atoms with Crippen molar-refractivity contribution in [1.82, 2.24) is 0 Å². The summed E-state index contributed by atoms with van der Waals surface area (Å²) >= 11 is 7.41. The summed E-state index contributed by atoms with van der Waals surface area (Å²) in [6.07, 6.45) is 2.80. The summed E-state index contributed by atoms with van der Waals surface area (Å²) in [5.41, 5.74) is 2.78. The van der Waals surface area contributed by atoms with Gasteiger partial charge in [0.2, 0.25) is 0 Å². The van der Waals surface area contributed by atoms with Gasteiger partial charge in [0.25, 0.3) is 0 Å². The zero-order chi connectivity index (χ0) is 19.2. The number of methoxy groups -OCH3 is 1. The van der Waals surface area contributed by atoms with Crippen LogP contribution in [0.3, 0.4) is 0 Å². The zero-order valence-corrected chi connectivity index (χ0v) is 16.8. The summed E-state index contributed by atoms with van der Waals surface area (Å²) in [6.45, 7) is 2.18. The molecule has 3 aromatic rings. The molecular weight excluding hydrogens is 352 g/mol. The second-order valence-corrected chi connectivity index (χ2v) is 7.49. The van der Waals surface area contributed by atoms with Crippen LogP contribution in [0.5, 0.6) is 0 Å². The number of benzene rings is 3. The molecule has 0 aromatic heterocycles. The minimum Gasteiger partial charge on any atom is -0.361 e. The van der Waals surface area contributed by atoms with Crippen molar-refractivity contribution in [2.75, 3.05) is 7.11 Å². The first-order valence-electron chi connectivity index (χ1n) is 9.59. The van der Waals surface area contributed by atoms with Crippen LogP contribution in [0.25, 0.3) is 0 Å². The van der Waals surface area contributed by atoms with Gasteiger partial charge >= 0.3 is 0 Å². The Morgan fingerprint density at radius 1 is 0.704 bits per heavy atom. The van der Waals surface area contributed by atoms with E-state index in [9.17, 15) is 0 Å². The molecule has 0 aliphatic heterocycles. The number of halogens is 1. The van der Waals surface area contributed by atoms with Gasteiger partial charge in [0.05, 0.1) is 5.41 Å². The van der Waals surface area contributed by atoms with Gasteiger partial charge in [0.15, 0.2) is 5.06 Å². The van der Waals surface area contributed by atoms with E-state index < -0.39 is 10.5 Å². The first kappa shape index (κ1) is 19.7. The van der Waals surface area contributed by atoms with E-state index in [0.717, 1.165) is 36.0 Å². The van der Waals surface area contributed by atoms with Gasteiger partial charge in [-0.3, -0.25) is 0 Å². The fraction of sp³-hybridized carbons (Fsp3) is 0.280. The Balaban J connectivity index is 2.39. The largest absolute Gasteiger partial charge is 0.361 e. The van der Waals surface area contributed by atoms with Crippen molar-refractivity contribution in [2.24, 2.45) is 0 Å². The standard InChI is InChI=1S/C25H27ClO/c1-3-4-20-24(26,27-2)25(21-14-8-5-9-15-21,22-16-10-6-11-17-22)23-18-12-7-13-19-23/h5-19H,3-4,20H2,1-2H3. The highest BCUT2D eigenvalue weighted by Crippen LogP contribution is 2.53. The summed E-state index contributed by atoms with van der Waals surface area (Å²) in [4.78, 5) is 0. The molecule has 0 amide bonds. The molecule has 0 fully saturated rings. The first-order chi connectivity index (χ1) is 13.2. The van der Waals surface area contributed by atoms with Gasteiger partial charge in [0, 0.05) is 7.11 Å². The minimum atomic E-state index is -0.910. The molecule has 0 aliphatic rings. The third-order valence-electron chi connectivity index (χ3n) is 5.36. The maximum atomic E-state index is 7.41. The number of rotatable bonds is 8. The van der Waals surface area contributed by atoms with E-state index in [0.29, 0.717) is 0 Å². The van der Waals surface area contributed by atoms with Gasteiger partial charge in [-0.1, -0.05) is 116 Å². The fourth-order valence-electron chi connectivity index (χ4n) is 4.06. The van der Waals surface area contributed by atoms with Crippen LogP contribution in [0.2, 0.25) is 0 Å². The molecule has 0 saturated heterocycles. The highest BCUT2D eigenvalue weighted by atomic mass is 35.5. The van der Waals surface area contributed by atoms with E-state index in [1.54, 1.807) is 7.11 Å². The van der Waals surface area contributed by atoms with Gasteiger partial charge in [-0.05, 0) is 29.5 Å². The van der Waals surface area contributed by atoms with E-state index in [1.807, 2.05) is 18.2 Å². The van der Waals surface area contributed by atoms with Crippen molar-refractivity contribution in [2.45, 2.75) is 36.7 Å². The molecule has 0 aliphatic carbocycles. The molecule has 0 N–H and O–H groups in total. The number of hydrogen-bond donors (Lipinski definition) is 0. The normalized spacial score (nSPS) is 13.9. The van der Waals surface area contributed by atoms with E-state index in [4.69, 9.17) is 16.3 Å². The maximum Gasteiger partial charge on any atom is 0.159 e. The lowest BCUT2D eigenvalue weighted by atomic mass is 9.64. The average molecular weight is 379 g/mol. The Morgan fingerprint density at radius 2 is 1.07 bits per heavy atom. The third kappa shape index (κ3) is 3.54. The van der Waals surface area contributed by atoms with Crippen LogP contribution in [0.15, 0.2) is 91.0 Å². The molecule has 0 radical (unpaired) electrons. The van der Waals surface area contributed by atoms with E-state index in [1.165, 1.54) is 0 Å². The van der Waals surface area contributed by atoms with Crippen LogP contribution in [0.4, 0.5) is 0 Å². The van der Waals surface area contributed by atoms with Crippen LogP contribution in [-0.2, 0) is 10.2 Å². The number of hydrogen-bond acceptors (Lipinski definition) is 1. The Morgan fingerprint density at radius 3 is 1.37 bits per heavy atom. The summed E-state index contributed by atoms with van der Waals surface area (Å²) in [6, 6.07) is 31.5. The molecule has 0 saturated carbocycles. The van der Waals surface area contributed by atoms with Crippen molar-refractivity contribution in [1.29, 1.82) is 0 Å². The molecule has 3 aromatic carbocycles. The molecule has 3 rings (SSSR count). The predicted molar refractivity (Wildman–Crippen MR) is 114 cm³/mol. The van der Waals surface area contributed by atoms with Gasteiger partial charge in [0.1, 0.15) is 0 Å². The highest BCUT2D eigenvalue weighted by molar-refractivity contribution is 6.24. The first-order valence-corrected chi connectivity index (χ1v) is 9.97. The minimum absolute atomic E-state index is 0.623. The average Bonchev–Trinajstić information content (AvgIpc) is 2.75. The molecule has 1 atom stereocenters. The highest BCUT2D eigenvalue weighted by Gasteiger charge is 2.54. The Bertz CT molecular complexity index is 720. The van der Waals surface area contributed by atoms with Crippen molar-refractivity contribution >= 4 is 11.6 Å².